The average Bonchev–Trinajstić information content (AvgIpc) is 1.31. The minimum atomic E-state index is -5.27. The molecule has 0 aliphatic rings. The molecule has 0 radical (unpaired) electrons. The van der Waals surface area contributed by atoms with Gasteiger partial charge in [-0.1, -0.05) is 0 Å². The third-order valence-corrected chi connectivity index (χ3v) is 0.548. The second-order valence-electron chi connectivity index (χ2n) is 0.651. The van der Waals surface area contributed by atoms with Gasteiger partial charge in [-0.2, -0.15) is 8.42 Å². The van der Waals surface area contributed by atoms with Gasteiger partial charge in [-0.25, -0.2) is 10.1 Å². The van der Waals surface area contributed by atoms with E-state index in [0.717, 1.165) is 0 Å². The van der Waals surface area contributed by atoms with Gasteiger partial charge in [-0.15, -0.1) is 0 Å². The first-order valence-electron chi connectivity index (χ1n) is 1.05. The summed E-state index contributed by atoms with van der Waals surface area (Å²) >= 11 is 0. The third kappa shape index (κ3) is 2.06. The van der Waals surface area contributed by atoms with Crippen molar-refractivity contribution in [2.75, 3.05) is 0 Å². The Balaban J connectivity index is 4.43. The van der Waals surface area contributed by atoms with Crippen LogP contribution < -0.4 is 0 Å². The molecule has 0 bridgehead atoms. The molecule has 0 rings (SSSR count). The molecule has 0 aromatic carbocycles. The van der Waals surface area contributed by atoms with Crippen molar-refractivity contribution in [1.29, 1.82) is 0 Å². The summed E-state index contributed by atoms with van der Waals surface area (Å²) in [6.45, 7) is 0. The van der Waals surface area contributed by atoms with Crippen molar-refractivity contribution < 1.29 is 17.3 Å². The van der Waals surface area contributed by atoms with Gasteiger partial charge in [0.25, 0.3) is 0 Å². The molecule has 0 unspecified atom stereocenters. The predicted molar refractivity (Wildman–Crippen MR) is 16.7 cm³/mol. The Labute approximate surface area is 38.8 Å². The molecule has 0 amide bonds. The Morgan fingerprint density at radius 3 is 1.57 bits per heavy atom. The summed E-state index contributed by atoms with van der Waals surface area (Å²) < 4.78 is 25.3. The van der Waals surface area contributed by atoms with E-state index in [1.165, 1.54) is 0 Å². The minimum absolute atomic E-state index is 1.90. The second-order valence-corrected chi connectivity index (χ2v) is 1.80. The van der Waals surface area contributed by atoms with Crippen LogP contribution in [0, 0.1) is 10.1 Å². The minimum Gasteiger partial charge on any atom is -0.689 e. The summed E-state index contributed by atoms with van der Waals surface area (Å²) in [6, 6.07) is 0. The van der Waals surface area contributed by atoms with Gasteiger partial charge in [-0.05, 0) is 0 Å². The maximum absolute atomic E-state index is 9.08. The van der Waals surface area contributed by atoms with E-state index in [1.807, 2.05) is 0 Å². The van der Waals surface area contributed by atoms with Crippen molar-refractivity contribution in [3.63, 3.8) is 0 Å². The Hall–Kier alpha value is -0.690. The van der Waals surface area contributed by atoms with Crippen molar-refractivity contribution >= 4 is 10.3 Å². The van der Waals surface area contributed by atoms with Crippen molar-refractivity contribution in [3.8, 4) is 0 Å². The van der Waals surface area contributed by atoms with Gasteiger partial charge in [0, 0.05) is 0 Å². The number of nitro groups is 1. The normalized spacial score (nSPS) is 11.0. The fourth-order valence-electron chi connectivity index (χ4n) is 0. The first-order valence-corrected chi connectivity index (χ1v) is 2.41. The van der Waals surface area contributed by atoms with Crippen LogP contribution in [0.4, 0.5) is 0 Å². The zero-order valence-corrected chi connectivity index (χ0v) is 3.71. The smallest absolute Gasteiger partial charge is 0.380 e. The summed E-state index contributed by atoms with van der Waals surface area (Å²) in [5.74, 6) is 0. The van der Waals surface area contributed by atoms with E-state index in [1.54, 1.807) is 0 Å². The largest absolute Gasteiger partial charge is 0.689 e. The summed E-state index contributed by atoms with van der Waals surface area (Å²) in [5.41, 5.74) is 0. The summed E-state index contributed by atoms with van der Waals surface area (Å²) in [4.78, 5) is 8.93. The molecule has 0 saturated heterocycles. The van der Waals surface area contributed by atoms with Crippen LogP contribution in [0.15, 0.2) is 0 Å². The standard InChI is InChI=1S/HNO5S/c2-1(3)7(4,5)6/h(H,4,5,6)/p-1. The Bertz CT molecular complexity index is 163. The van der Waals surface area contributed by atoms with Crippen LogP contribution in [-0.2, 0) is 10.3 Å². The highest BCUT2D eigenvalue weighted by atomic mass is 32.2. The molecule has 0 aliphatic heterocycles. The lowest BCUT2D eigenvalue weighted by Crippen LogP contribution is -2.09. The monoisotopic (exact) mass is 126 g/mol. The lowest BCUT2D eigenvalue weighted by atomic mass is 13.4. The summed E-state index contributed by atoms with van der Waals surface area (Å²) in [5, 5.41) is 8.93. The van der Waals surface area contributed by atoms with E-state index < -0.39 is 14.6 Å². The maximum Gasteiger partial charge on any atom is 0.380 e. The van der Waals surface area contributed by atoms with Gasteiger partial charge in [0.05, 0.1) is 0 Å². The Morgan fingerprint density at radius 2 is 1.57 bits per heavy atom. The highest BCUT2D eigenvalue weighted by molar-refractivity contribution is 7.79. The van der Waals surface area contributed by atoms with E-state index in [0.29, 0.717) is 0 Å². The molecule has 0 saturated carbocycles. The van der Waals surface area contributed by atoms with Crippen LogP contribution in [0.5, 0.6) is 0 Å². The molecule has 0 heterocycles. The molecule has 6 nitrogen and oxygen atoms in total. The molecule has 0 aromatic heterocycles. The molecule has 0 aliphatic carbocycles. The fraction of sp³-hybridized carbons (Fsp3) is 0. The van der Waals surface area contributed by atoms with E-state index in [2.05, 4.69) is 0 Å². The quantitative estimate of drug-likeness (QED) is 0.247. The number of hydrogen-bond acceptors (Lipinski definition) is 5. The zero-order valence-electron chi connectivity index (χ0n) is 2.90. The molecule has 0 N–H and O–H groups in total. The van der Waals surface area contributed by atoms with E-state index in [9.17, 15) is 0 Å². The number of rotatable bonds is 1. The van der Waals surface area contributed by atoms with E-state index >= 15 is 0 Å². The van der Waals surface area contributed by atoms with Crippen LogP contribution >= 0.6 is 0 Å². The SMILES string of the molecule is O=[N+]([O-])S(=O)(=O)[O-]. The van der Waals surface area contributed by atoms with Gasteiger partial charge >= 0.3 is 10.3 Å². The van der Waals surface area contributed by atoms with Crippen LogP contribution in [-0.4, -0.2) is 17.3 Å². The van der Waals surface area contributed by atoms with E-state index in [4.69, 9.17) is 23.1 Å². The van der Waals surface area contributed by atoms with Gasteiger partial charge in [0.1, 0.15) is 4.33 Å². The van der Waals surface area contributed by atoms with Crippen molar-refractivity contribution in [2.24, 2.45) is 0 Å². The van der Waals surface area contributed by atoms with Gasteiger partial charge in [0.2, 0.25) is 0 Å². The highest BCUT2D eigenvalue weighted by Gasteiger charge is 2.03. The van der Waals surface area contributed by atoms with Crippen LogP contribution in [0.2, 0.25) is 0 Å². The van der Waals surface area contributed by atoms with Crippen LogP contribution in [0.3, 0.4) is 0 Å². The van der Waals surface area contributed by atoms with Crippen LogP contribution in [0.25, 0.3) is 0 Å². The predicted octanol–water partition coefficient (Wildman–Crippen LogP) is -1.28. The molecule has 7 heavy (non-hydrogen) atoms. The molecule has 0 fully saturated rings. The molecule has 0 atom stereocenters. The first kappa shape index (κ1) is 6.31. The second kappa shape index (κ2) is 1.43. The highest BCUT2D eigenvalue weighted by Crippen LogP contribution is 1.76. The lowest BCUT2D eigenvalue weighted by Gasteiger charge is -1.90. The topological polar surface area (TPSA) is 100 Å². The van der Waals surface area contributed by atoms with E-state index in [-0.39, 0.29) is 0 Å². The summed E-state index contributed by atoms with van der Waals surface area (Å²) in [7, 11) is -5.27. The Morgan fingerprint density at radius 1 is 1.43 bits per heavy atom. The van der Waals surface area contributed by atoms with Crippen LogP contribution in [0.1, 0.15) is 0 Å². The van der Waals surface area contributed by atoms with Crippen molar-refractivity contribution in [2.45, 2.75) is 0 Å². The molecule has 42 valence electrons. The van der Waals surface area contributed by atoms with Gasteiger partial charge < -0.3 is 4.55 Å². The molecule has 7 heteroatoms. The van der Waals surface area contributed by atoms with Gasteiger partial charge in [0.15, 0.2) is 0 Å². The summed E-state index contributed by atoms with van der Waals surface area (Å²) in [6.07, 6.45) is 0. The Kier molecular flexibility index (Phi) is 1.29. The van der Waals surface area contributed by atoms with Crippen molar-refractivity contribution in [3.05, 3.63) is 10.1 Å². The molecule has 0 aromatic rings. The molecule has 0 spiro atoms. The third-order valence-electron chi connectivity index (χ3n) is 0.183. The van der Waals surface area contributed by atoms with Gasteiger partial charge in [-0.3, -0.25) is 0 Å². The number of hydrogen-bond donors (Lipinski definition) is 0. The maximum atomic E-state index is 9.08. The zero-order chi connectivity index (χ0) is 6.08. The average molecular weight is 126 g/mol. The molecular weight excluding hydrogens is 126 g/mol. The fourth-order valence-corrected chi connectivity index (χ4v) is 0. The van der Waals surface area contributed by atoms with Crippen molar-refractivity contribution in [1.82, 2.24) is 0 Å². The molecular formula is NO5S-. The first-order chi connectivity index (χ1) is 2.94. The number of nitrogens with zero attached hydrogens (tertiary/aromatic N) is 1. The lowest BCUT2D eigenvalue weighted by molar-refractivity contribution is -0.317.